The fourth-order valence-corrected chi connectivity index (χ4v) is 3.24. The number of nitrogens with zero attached hydrogens (tertiary/aromatic N) is 1. The molecule has 198 valence electrons. The minimum atomic E-state index is -5.08. The van der Waals surface area contributed by atoms with E-state index in [1.807, 2.05) is 54.6 Å². The smallest absolute Gasteiger partial charge is 0.490 e. The molecule has 1 atom stereocenters. The van der Waals surface area contributed by atoms with Gasteiger partial charge in [0, 0.05) is 19.6 Å². The highest BCUT2D eigenvalue weighted by Crippen LogP contribution is 2.24. The van der Waals surface area contributed by atoms with Crippen molar-refractivity contribution in [2.45, 2.75) is 31.5 Å². The molecule has 1 aliphatic rings. The Balaban J connectivity index is 0.000000572. The van der Waals surface area contributed by atoms with Crippen molar-refractivity contribution in [1.82, 2.24) is 4.90 Å². The molecule has 0 spiro atoms. The van der Waals surface area contributed by atoms with Crippen molar-refractivity contribution in [3.63, 3.8) is 0 Å². The topological polar surface area (TPSA) is 106 Å². The molecule has 0 aromatic heterocycles. The molecule has 2 aromatic carbocycles. The van der Waals surface area contributed by atoms with Crippen molar-refractivity contribution in [3.8, 4) is 11.5 Å². The summed E-state index contributed by atoms with van der Waals surface area (Å²) in [5.74, 6) is -1.78. The first-order chi connectivity index (χ1) is 17.1. The van der Waals surface area contributed by atoms with E-state index in [-0.39, 0.29) is 12.5 Å². The Morgan fingerprint density at radius 2 is 1.50 bits per heavy atom. The van der Waals surface area contributed by atoms with Crippen molar-refractivity contribution < 1.29 is 47.2 Å². The van der Waals surface area contributed by atoms with E-state index in [0.717, 1.165) is 43.0 Å². The van der Waals surface area contributed by atoms with E-state index in [1.165, 1.54) is 0 Å². The number of para-hydroxylation sites is 1. The molecule has 1 saturated heterocycles. The number of carbonyl (C=O) groups is 2. The first-order valence-electron chi connectivity index (χ1n) is 11.4. The van der Waals surface area contributed by atoms with Gasteiger partial charge in [-0.25, -0.2) is 4.79 Å². The number of hydrogen-bond acceptors (Lipinski definition) is 6. The van der Waals surface area contributed by atoms with E-state index in [9.17, 15) is 18.0 Å². The van der Waals surface area contributed by atoms with Crippen molar-refractivity contribution in [2.75, 3.05) is 39.5 Å². The number of ether oxygens (including phenoxy) is 3. The molecule has 36 heavy (non-hydrogen) atoms. The van der Waals surface area contributed by atoms with E-state index in [1.54, 1.807) is 0 Å². The molecule has 0 radical (unpaired) electrons. The van der Waals surface area contributed by atoms with Gasteiger partial charge in [0.2, 0.25) is 0 Å². The number of aliphatic carboxylic acids is 2. The van der Waals surface area contributed by atoms with Crippen molar-refractivity contribution in [2.24, 2.45) is 0 Å². The molecule has 0 aliphatic carbocycles. The summed E-state index contributed by atoms with van der Waals surface area (Å²) in [6.45, 7) is 4.01. The summed E-state index contributed by atoms with van der Waals surface area (Å²) < 4.78 is 49.1. The quantitative estimate of drug-likeness (QED) is 0.426. The van der Waals surface area contributed by atoms with Crippen LogP contribution < -0.4 is 9.47 Å². The molecule has 0 bridgehead atoms. The SMILES string of the molecule is O=C(O)C(F)(F)F.O=C(O)CCN1CCOC(c2ccc(OCCCCOc3ccccc3)cc2)C1. The predicted molar refractivity (Wildman–Crippen MR) is 124 cm³/mol. The molecule has 3 rings (SSSR count). The summed E-state index contributed by atoms with van der Waals surface area (Å²) in [6, 6.07) is 17.8. The maximum absolute atomic E-state index is 10.8. The lowest BCUT2D eigenvalue weighted by molar-refractivity contribution is -0.192. The zero-order valence-corrected chi connectivity index (χ0v) is 19.7. The van der Waals surface area contributed by atoms with Crippen molar-refractivity contribution in [3.05, 3.63) is 60.2 Å². The Morgan fingerprint density at radius 3 is 2.03 bits per heavy atom. The standard InChI is InChI=1S/C23H29NO5.C2HF3O2/c25-23(26)12-13-24-14-17-29-22(18-24)19-8-10-21(11-9-19)28-16-5-4-15-27-20-6-2-1-3-7-20;3-2(4,5)1(6)7/h1-3,6-11,22H,4-5,12-18H2,(H,25,26);(H,6,7). The summed E-state index contributed by atoms with van der Waals surface area (Å²) >= 11 is 0. The second-order valence-electron chi connectivity index (χ2n) is 7.89. The van der Waals surface area contributed by atoms with Gasteiger partial charge in [-0.05, 0) is 42.7 Å². The Hall–Kier alpha value is -3.31. The summed E-state index contributed by atoms with van der Waals surface area (Å²) in [7, 11) is 0. The maximum atomic E-state index is 10.8. The lowest BCUT2D eigenvalue weighted by Crippen LogP contribution is -2.39. The molecule has 1 heterocycles. The number of alkyl halides is 3. The number of benzene rings is 2. The second kappa shape index (κ2) is 14.9. The van der Waals surface area contributed by atoms with E-state index in [0.29, 0.717) is 26.4 Å². The molecular formula is C25H30F3NO7. The van der Waals surface area contributed by atoms with Gasteiger partial charge in [-0.3, -0.25) is 9.69 Å². The van der Waals surface area contributed by atoms with Crippen LogP contribution in [0.3, 0.4) is 0 Å². The highest BCUT2D eigenvalue weighted by Gasteiger charge is 2.38. The van der Waals surface area contributed by atoms with Crippen LogP contribution >= 0.6 is 0 Å². The summed E-state index contributed by atoms with van der Waals surface area (Å²) in [6.07, 6.45) is -3.08. The fraction of sp³-hybridized carbons (Fsp3) is 0.440. The van der Waals surface area contributed by atoms with Crippen molar-refractivity contribution in [1.29, 1.82) is 0 Å². The number of carboxylic acids is 2. The van der Waals surface area contributed by atoms with Gasteiger partial charge in [0.15, 0.2) is 0 Å². The largest absolute Gasteiger partial charge is 0.494 e. The predicted octanol–water partition coefficient (Wildman–Crippen LogP) is 4.41. The molecular weight excluding hydrogens is 483 g/mol. The second-order valence-corrected chi connectivity index (χ2v) is 7.89. The minimum Gasteiger partial charge on any atom is -0.494 e. The third-order valence-electron chi connectivity index (χ3n) is 5.11. The van der Waals surface area contributed by atoms with Crippen LogP contribution in [0.1, 0.15) is 30.9 Å². The molecule has 2 aromatic rings. The number of carboxylic acid groups (broad SMARTS) is 2. The van der Waals surface area contributed by atoms with Gasteiger partial charge in [0.05, 0.1) is 32.3 Å². The zero-order valence-electron chi connectivity index (χ0n) is 19.7. The molecule has 1 fully saturated rings. The Morgan fingerprint density at radius 1 is 0.944 bits per heavy atom. The first kappa shape index (κ1) is 28.9. The third kappa shape index (κ3) is 11.4. The van der Waals surface area contributed by atoms with Gasteiger partial charge in [-0.15, -0.1) is 0 Å². The average molecular weight is 514 g/mol. The van der Waals surface area contributed by atoms with Crippen LogP contribution in [0.15, 0.2) is 54.6 Å². The van der Waals surface area contributed by atoms with E-state index in [4.69, 9.17) is 29.2 Å². The monoisotopic (exact) mass is 513 g/mol. The van der Waals surface area contributed by atoms with Crippen molar-refractivity contribution >= 4 is 11.9 Å². The normalized spacial score (nSPS) is 15.9. The Kier molecular flexibility index (Phi) is 12.0. The highest BCUT2D eigenvalue weighted by molar-refractivity contribution is 5.73. The summed E-state index contributed by atoms with van der Waals surface area (Å²) in [5, 5.41) is 16.0. The van der Waals surface area contributed by atoms with Gasteiger partial charge >= 0.3 is 18.1 Å². The Labute approximate surface area is 207 Å². The molecule has 0 amide bonds. The molecule has 0 saturated carbocycles. The molecule has 11 heteroatoms. The van der Waals surface area contributed by atoms with Gasteiger partial charge < -0.3 is 24.4 Å². The van der Waals surface area contributed by atoms with Crippen LogP contribution in [0.5, 0.6) is 11.5 Å². The number of rotatable bonds is 11. The van der Waals surface area contributed by atoms with Crippen LogP contribution in [0.2, 0.25) is 0 Å². The van der Waals surface area contributed by atoms with Crippen LogP contribution in [-0.4, -0.2) is 72.7 Å². The van der Waals surface area contributed by atoms with Crippen LogP contribution in [0.4, 0.5) is 13.2 Å². The van der Waals surface area contributed by atoms with Gasteiger partial charge in [-0.1, -0.05) is 30.3 Å². The van der Waals surface area contributed by atoms with E-state index < -0.39 is 18.1 Å². The average Bonchev–Trinajstić information content (AvgIpc) is 2.86. The summed E-state index contributed by atoms with van der Waals surface area (Å²) in [4.78, 5) is 21.8. The van der Waals surface area contributed by atoms with Gasteiger partial charge in [0.25, 0.3) is 0 Å². The highest BCUT2D eigenvalue weighted by atomic mass is 19.4. The van der Waals surface area contributed by atoms with Gasteiger partial charge in [0.1, 0.15) is 11.5 Å². The first-order valence-corrected chi connectivity index (χ1v) is 11.4. The van der Waals surface area contributed by atoms with Crippen LogP contribution in [-0.2, 0) is 14.3 Å². The fourth-order valence-electron chi connectivity index (χ4n) is 3.24. The lowest BCUT2D eigenvalue weighted by Gasteiger charge is -2.32. The number of morpholine rings is 1. The summed E-state index contributed by atoms with van der Waals surface area (Å²) in [5.41, 5.74) is 1.09. The maximum Gasteiger partial charge on any atom is 0.490 e. The number of halogens is 3. The Bertz CT molecular complexity index is 924. The molecule has 1 unspecified atom stereocenters. The lowest BCUT2D eigenvalue weighted by atomic mass is 10.1. The van der Waals surface area contributed by atoms with Crippen LogP contribution in [0, 0.1) is 0 Å². The van der Waals surface area contributed by atoms with E-state index >= 15 is 0 Å². The molecule has 8 nitrogen and oxygen atoms in total. The van der Waals surface area contributed by atoms with Crippen LogP contribution in [0.25, 0.3) is 0 Å². The number of unbranched alkanes of at least 4 members (excludes halogenated alkanes) is 1. The zero-order chi connectivity index (χ0) is 26.4. The van der Waals surface area contributed by atoms with Gasteiger partial charge in [-0.2, -0.15) is 13.2 Å². The molecule has 1 aliphatic heterocycles. The number of hydrogen-bond donors (Lipinski definition) is 2. The third-order valence-corrected chi connectivity index (χ3v) is 5.11. The minimum absolute atomic E-state index is 0.0262. The molecule has 2 N–H and O–H groups in total. The van der Waals surface area contributed by atoms with E-state index in [2.05, 4.69) is 4.90 Å².